The molecule has 2 nitrogen and oxygen atoms in total. The van der Waals surface area contributed by atoms with E-state index in [4.69, 9.17) is 4.74 Å². The van der Waals surface area contributed by atoms with Gasteiger partial charge in [0, 0.05) is 6.61 Å². The Kier molecular flexibility index (Phi) is 4.03. The van der Waals surface area contributed by atoms with Gasteiger partial charge in [-0.3, -0.25) is 0 Å². The topological polar surface area (TPSA) is 21.3 Å². The van der Waals surface area contributed by atoms with Crippen molar-refractivity contribution in [3.8, 4) is 0 Å². The summed E-state index contributed by atoms with van der Waals surface area (Å²) in [6.45, 7) is 6.98. The molecule has 1 N–H and O–H groups in total. The van der Waals surface area contributed by atoms with Crippen molar-refractivity contribution >= 4 is 0 Å². The highest BCUT2D eigenvalue weighted by atomic mass is 19.1. The molecule has 0 amide bonds. The molecule has 0 aromatic heterocycles. The van der Waals surface area contributed by atoms with Crippen LogP contribution in [0.25, 0.3) is 0 Å². The van der Waals surface area contributed by atoms with Crippen LogP contribution in [0.5, 0.6) is 0 Å². The fraction of sp³-hybridized carbons (Fsp3) is 0.600. The Morgan fingerprint density at radius 2 is 1.94 bits per heavy atom. The zero-order valence-corrected chi connectivity index (χ0v) is 11.6. The summed E-state index contributed by atoms with van der Waals surface area (Å²) in [5, 5.41) is 3.34. The molecule has 18 heavy (non-hydrogen) atoms. The largest absolute Gasteiger partial charge is 0.376 e. The highest BCUT2D eigenvalue weighted by Gasteiger charge is 2.33. The average molecular weight is 251 g/mol. The van der Waals surface area contributed by atoms with Gasteiger partial charge < -0.3 is 10.1 Å². The number of nitrogens with one attached hydrogen (secondary N) is 1. The van der Waals surface area contributed by atoms with Gasteiger partial charge in [0.05, 0.1) is 12.1 Å². The van der Waals surface area contributed by atoms with Crippen molar-refractivity contribution in [2.45, 2.75) is 39.3 Å². The van der Waals surface area contributed by atoms with Crippen molar-refractivity contribution in [1.29, 1.82) is 0 Å². The fourth-order valence-electron chi connectivity index (χ4n) is 3.03. The van der Waals surface area contributed by atoms with E-state index in [9.17, 15) is 4.39 Å². The molecule has 1 saturated heterocycles. The summed E-state index contributed by atoms with van der Waals surface area (Å²) in [5.41, 5.74) is 3.17. The van der Waals surface area contributed by atoms with Crippen LogP contribution in [0.2, 0.25) is 0 Å². The van der Waals surface area contributed by atoms with Crippen LogP contribution in [0.15, 0.2) is 12.1 Å². The summed E-state index contributed by atoms with van der Waals surface area (Å²) in [6, 6.07) is 3.35. The number of halogens is 1. The Bertz CT molecular complexity index is 409. The maximum atomic E-state index is 13.4. The molecule has 1 aromatic carbocycles. The molecule has 3 unspecified atom stereocenters. The van der Waals surface area contributed by atoms with Crippen molar-refractivity contribution in [3.05, 3.63) is 34.6 Å². The van der Waals surface area contributed by atoms with Crippen LogP contribution in [0.3, 0.4) is 0 Å². The predicted molar refractivity (Wildman–Crippen MR) is 71.2 cm³/mol. The van der Waals surface area contributed by atoms with Crippen molar-refractivity contribution in [1.82, 2.24) is 5.32 Å². The van der Waals surface area contributed by atoms with Crippen molar-refractivity contribution < 1.29 is 9.13 Å². The third kappa shape index (κ3) is 2.43. The van der Waals surface area contributed by atoms with E-state index in [1.807, 2.05) is 20.9 Å². The highest BCUT2D eigenvalue weighted by Crippen LogP contribution is 2.34. The van der Waals surface area contributed by atoms with Crippen LogP contribution in [0.4, 0.5) is 4.39 Å². The lowest BCUT2D eigenvalue weighted by Crippen LogP contribution is -2.33. The van der Waals surface area contributed by atoms with Gasteiger partial charge in [-0.25, -0.2) is 4.39 Å². The van der Waals surface area contributed by atoms with E-state index in [-0.39, 0.29) is 18.0 Å². The van der Waals surface area contributed by atoms with Gasteiger partial charge in [0.15, 0.2) is 0 Å². The molecule has 0 bridgehead atoms. The van der Waals surface area contributed by atoms with Gasteiger partial charge in [-0.15, -0.1) is 0 Å². The van der Waals surface area contributed by atoms with Gasteiger partial charge >= 0.3 is 0 Å². The summed E-state index contributed by atoms with van der Waals surface area (Å²) < 4.78 is 19.2. The lowest BCUT2D eigenvalue weighted by atomic mass is 9.87. The van der Waals surface area contributed by atoms with Crippen LogP contribution in [-0.4, -0.2) is 19.8 Å². The van der Waals surface area contributed by atoms with Gasteiger partial charge in [-0.1, -0.05) is 6.92 Å². The van der Waals surface area contributed by atoms with E-state index in [1.54, 1.807) is 12.1 Å². The molecular weight excluding hydrogens is 229 g/mol. The van der Waals surface area contributed by atoms with E-state index in [0.717, 1.165) is 24.2 Å². The summed E-state index contributed by atoms with van der Waals surface area (Å²) in [6.07, 6.45) is 1.28. The minimum Gasteiger partial charge on any atom is -0.376 e. The molecule has 2 rings (SSSR count). The van der Waals surface area contributed by atoms with Gasteiger partial charge in [0.2, 0.25) is 0 Å². The first-order chi connectivity index (χ1) is 8.54. The molecule has 3 atom stereocenters. The Balaban J connectivity index is 2.38. The Labute approximate surface area is 109 Å². The van der Waals surface area contributed by atoms with Crippen molar-refractivity contribution in [2.75, 3.05) is 13.7 Å². The third-order valence-electron chi connectivity index (χ3n) is 3.95. The lowest BCUT2D eigenvalue weighted by Gasteiger charge is -2.29. The van der Waals surface area contributed by atoms with E-state index in [2.05, 4.69) is 12.2 Å². The fourth-order valence-corrected chi connectivity index (χ4v) is 3.03. The molecule has 0 saturated carbocycles. The Morgan fingerprint density at radius 1 is 1.33 bits per heavy atom. The normalized spacial score (nSPS) is 25.4. The van der Waals surface area contributed by atoms with Gasteiger partial charge in [-0.05, 0) is 62.1 Å². The Hall–Kier alpha value is -0.930. The molecular formula is C15H22FNO. The first-order valence-electron chi connectivity index (χ1n) is 6.60. The van der Waals surface area contributed by atoms with Crippen LogP contribution < -0.4 is 5.32 Å². The quantitative estimate of drug-likeness (QED) is 0.891. The summed E-state index contributed by atoms with van der Waals surface area (Å²) in [5.74, 6) is 0.371. The minimum atomic E-state index is -0.163. The molecule has 100 valence electrons. The van der Waals surface area contributed by atoms with Crippen LogP contribution >= 0.6 is 0 Å². The van der Waals surface area contributed by atoms with Crippen LogP contribution in [-0.2, 0) is 4.74 Å². The number of rotatable bonds is 3. The van der Waals surface area contributed by atoms with E-state index < -0.39 is 0 Å². The third-order valence-corrected chi connectivity index (χ3v) is 3.95. The zero-order chi connectivity index (χ0) is 13.3. The van der Waals surface area contributed by atoms with Gasteiger partial charge in [-0.2, -0.15) is 0 Å². The van der Waals surface area contributed by atoms with E-state index in [1.165, 1.54) is 5.56 Å². The maximum absolute atomic E-state index is 13.4. The first-order valence-corrected chi connectivity index (χ1v) is 6.60. The van der Waals surface area contributed by atoms with E-state index in [0.29, 0.717) is 5.92 Å². The minimum absolute atomic E-state index is 0.142. The van der Waals surface area contributed by atoms with Crippen molar-refractivity contribution in [3.63, 3.8) is 0 Å². The number of likely N-dealkylation sites (N-methyl/N-ethyl adjacent to an activating group) is 1. The second kappa shape index (κ2) is 5.37. The number of hydrogen-bond acceptors (Lipinski definition) is 2. The zero-order valence-electron chi connectivity index (χ0n) is 11.6. The monoisotopic (exact) mass is 251 g/mol. The molecule has 1 fully saturated rings. The second-order valence-corrected chi connectivity index (χ2v) is 5.32. The summed E-state index contributed by atoms with van der Waals surface area (Å²) in [4.78, 5) is 0. The number of aryl methyl sites for hydroxylation is 2. The molecule has 0 aliphatic carbocycles. The molecule has 1 aromatic rings. The maximum Gasteiger partial charge on any atom is 0.123 e. The molecule has 1 heterocycles. The number of ether oxygens (including phenoxy) is 1. The molecule has 1 aliphatic rings. The van der Waals surface area contributed by atoms with E-state index >= 15 is 0 Å². The second-order valence-electron chi connectivity index (χ2n) is 5.32. The van der Waals surface area contributed by atoms with Gasteiger partial charge in [0.25, 0.3) is 0 Å². The average Bonchev–Trinajstić information content (AvgIpc) is 2.69. The smallest absolute Gasteiger partial charge is 0.123 e. The number of hydrogen-bond donors (Lipinski definition) is 1. The van der Waals surface area contributed by atoms with Gasteiger partial charge in [0.1, 0.15) is 5.82 Å². The van der Waals surface area contributed by atoms with Crippen LogP contribution in [0, 0.1) is 25.6 Å². The molecule has 0 radical (unpaired) electrons. The predicted octanol–water partition coefficient (Wildman–Crippen LogP) is 3.13. The molecule has 0 spiro atoms. The summed E-state index contributed by atoms with van der Waals surface area (Å²) in [7, 11) is 1.95. The first kappa shape index (κ1) is 13.5. The molecule has 1 aliphatic heterocycles. The SMILES string of the molecule is CNC(c1c(C)cc(F)cc1C)C1OCCC1C. The van der Waals surface area contributed by atoms with Crippen LogP contribution in [0.1, 0.15) is 36.1 Å². The Morgan fingerprint density at radius 3 is 2.39 bits per heavy atom. The highest BCUT2D eigenvalue weighted by molar-refractivity contribution is 5.37. The standard InChI is InChI=1S/C15H22FNO/c1-9-5-6-18-15(9)14(17-4)13-10(2)7-12(16)8-11(13)3/h7-9,14-15,17H,5-6H2,1-4H3. The van der Waals surface area contributed by atoms with Crippen molar-refractivity contribution in [2.24, 2.45) is 5.92 Å². The number of benzene rings is 1. The summed E-state index contributed by atoms with van der Waals surface area (Å²) >= 11 is 0. The molecule has 3 heteroatoms. The lowest BCUT2D eigenvalue weighted by molar-refractivity contribution is 0.0627.